The van der Waals surface area contributed by atoms with Gasteiger partial charge in [-0.05, 0) is 19.1 Å². The molecule has 100 valence electrons. The van der Waals surface area contributed by atoms with Crippen LogP contribution in [0.4, 0.5) is 0 Å². The summed E-state index contributed by atoms with van der Waals surface area (Å²) in [5.41, 5.74) is 3.46. The molecule has 0 aliphatic carbocycles. The molecule has 0 bridgehead atoms. The molecule has 0 spiro atoms. The molecule has 3 rings (SSSR count). The molecule has 0 radical (unpaired) electrons. The summed E-state index contributed by atoms with van der Waals surface area (Å²) in [6.45, 7) is 6.53. The minimum Gasteiger partial charge on any atom is -0.446 e. The first-order valence-electron chi connectivity index (χ1n) is 6.34. The molecule has 0 aromatic carbocycles. The Labute approximate surface area is 116 Å². The SMILES string of the molecule is Cc1nc(CN2CCc3[nH]c(=S)ncc3C2)c(C)o1. The maximum atomic E-state index is 5.47. The van der Waals surface area contributed by atoms with Gasteiger partial charge in [0.05, 0.1) is 5.69 Å². The molecule has 0 saturated carbocycles. The van der Waals surface area contributed by atoms with E-state index >= 15 is 0 Å². The Balaban J connectivity index is 1.77. The predicted molar refractivity (Wildman–Crippen MR) is 73.2 cm³/mol. The molecule has 3 heterocycles. The fourth-order valence-electron chi connectivity index (χ4n) is 2.47. The Morgan fingerprint density at radius 1 is 1.47 bits per heavy atom. The number of nitrogens with zero attached hydrogens (tertiary/aromatic N) is 3. The van der Waals surface area contributed by atoms with Crippen molar-refractivity contribution in [2.75, 3.05) is 6.54 Å². The number of hydrogen-bond donors (Lipinski definition) is 1. The van der Waals surface area contributed by atoms with Crippen LogP contribution in [0, 0.1) is 18.6 Å². The third kappa shape index (κ3) is 2.59. The predicted octanol–water partition coefficient (Wildman–Crippen LogP) is 2.30. The van der Waals surface area contributed by atoms with Crippen LogP contribution < -0.4 is 0 Å². The summed E-state index contributed by atoms with van der Waals surface area (Å²) >= 11 is 5.05. The number of hydrogen-bond acceptors (Lipinski definition) is 5. The van der Waals surface area contributed by atoms with Gasteiger partial charge in [0, 0.05) is 50.4 Å². The first-order chi connectivity index (χ1) is 9.11. The van der Waals surface area contributed by atoms with Crippen LogP contribution in [-0.4, -0.2) is 26.4 Å². The lowest BCUT2D eigenvalue weighted by molar-refractivity contribution is 0.239. The highest BCUT2D eigenvalue weighted by Gasteiger charge is 2.19. The van der Waals surface area contributed by atoms with Crippen molar-refractivity contribution in [3.05, 3.63) is 39.6 Å². The minimum absolute atomic E-state index is 0.565. The van der Waals surface area contributed by atoms with Gasteiger partial charge in [-0.3, -0.25) is 4.90 Å². The van der Waals surface area contributed by atoms with Crippen LogP contribution in [0.15, 0.2) is 10.6 Å². The fraction of sp³-hybridized carbons (Fsp3) is 0.462. The molecule has 0 amide bonds. The van der Waals surface area contributed by atoms with Crippen LogP contribution in [0.25, 0.3) is 0 Å². The monoisotopic (exact) mass is 276 g/mol. The third-order valence-electron chi connectivity index (χ3n) is 3.43. The molecule has 0 fully saturated rings. The first-order valence-corrected chi connectivity index (χ1v) is 6.75. The maximum Gasteiger partial charge on any atom is 0.196 e. The highest BCUT2D eigenvalue weighted by molar-refractivity contribution is 7.71. The molecular weight excluding hydrogens is 260 g/mol. The van der Waals surface area contributed by atoms with E-state index in [1.165, 1.54) is 11.3 Å². The molecule has 0 unspecified atom stereocenters. The van der Waals surface area contributed by atoms with Crippen molar-refractivity contribution in [3.63, 3.8) is 0 Å². The Morgan fingerprint density at radius 2 is 2.32 bits per heavy atom. The van der Waals surface area contributed by atoms with E-state index in [2.05, 4.69) is 19.9 Å². The number of aryl methyl sites for hydroxylation is 2. The Kier molecular flexibility index (Phi) is 3.20. The van der Waals surface area contributed by atoms with Crippen LogP contribution in [-0.2, 0) is 19.5 Å². The van der Waals surface area contributed by atoms with E-state index in [4.69, 9.17) is 16.6 Å². The summed E-state index contributed by atoms with van der Waals surface area (Å²) < 4.78 is 6.04. The van der Waals surface area contributed by atoms with E-state index in [0.717, 1.165) is 43.4 Å². The van der Waals surface area contributed by atoms with Gasteiger partial charge in [-0.2, -0.15) is 0 Å². The number of oxazole rings is 1. The van der Waals surface area contributed by atoms with Crippen LogP contribution >= 0.6 is 12.2 Å². The zero-order valence-electron chi connectivity index (χ0n) is 11.1. The van der Waals surface area contributed by atoms with E-state index in [0.29, 0.717) is 4.77 Å². The molecule has 5 nitrogen and oxygen atoms in total. The highest BCUT2D eigenvalue weighted by atomic mass is 32.1. The highest BCUT2D eigenvalue weighted by Crippen LogP contribution is 2.19. The van der Waals surface area contributed by atoms with Crippen molar-refractivity contribution in [1.82, 2.24) is 19.9 Å². The smallest absolute Gasteiger partial charge is 0.196 e. The molecule has 1 aliphatic heterocycles. The summed E-state index contributed by atoms with van der Waals surface area (Å²) in [5, 5.41) is 0. The molecular formula is C13H16N4OS. The quantitative estimate of drug-likeness (QED) is 0.853. The zero-order chi connectivity index (χ0) is 13.4. The van der Waals surface area contributed by atoms with Crippen molar-refractivity contribution in [2.24, 2.45) is 0 Å². The Morgan fingerprint density at radius 3 is 3.05 bits per heavy atom. The molecule has 19 heavy (non-hydrogen) atoms. The van der Waals surface area contributed by atoms with Crippen molar-refractivity contribution >= 4 is 12.2 Å². The van der Waals surface area contributed by atoms with Gasteiger partial charge in [-0.25, -0.2) is 9.97 Å². The lowest BCUT2D eigenvalue weighted by Gasteiger charge is -2.27. The lowest BCUT2D eigenvalue weighted by Crippen LogP contribution is -2.31. The zero-order valence-corrected chi connectivity index (χ0v) is 11.9. The van der Waals surface area contributed by atoms with Gasteiger partial charge in [-0.1, -0.05) is 0 Å². The van der Waals surface area contributed by atoms with E-state index in [9.17, 15) is 0 Å². The van der Waals surface area contributed by atoms with Crippen LogP contribution in [0.3, 0.4) is 0 Å². The largest absolute Gasteiger partial charge is 0.446 e. The van der Waals surface area contributed by atoms with E-state index in [1.807, 2.05) is 20.0 Å². The fourth-order valence-corrected chi connectivity index (χ4v) is 2.65. The molecule has 2 aromatic rings. The normalized spacial score (nSPS) is 15.5. The summed E-state index contributed by atoms with van der Waals surface area (Å²) in [7, 11) is 0. The minimum atomic E-state index is 0.565. The molecule has 2 aromatic heterocycles. The molecule has 1 N–H and O–H groups in total. The van der Waals surface area contributed by atoms with Gasteiger partial charge in [0.1, 0.15) is 5.76 Å². The Hall–Kier alpha value is -1.53. The average Bonchev–Trinajstić information content (AvgIpc) is 2.68. The van der Waals surface area contributed by atoms with Gasteiger partial charge in [-0.15, -0.1) is 0 Å². The van der Waals surface area contributed by atoms with Crippen LogP contribution in [0.5, 0.6) is 0 Å². The van der Waals surface area contributed by atoms with E-state index in [1.54, 1.807) is 0 Å². The van der Waals surface area contributed by atoms with Gasteiger partial charge in [0.15, 0.2) is 10.7 Å². The van der Waals surface area contributed by atoms with E-state index < -0.39 is 0 Å². The maximum absolute atomic E-state index is 5.47. The molecule has 0 saturated heterocycles. The number of rotatable bonds is 2. The van der Waals surface area contributed by atoms with Gasteiger partial charge < -0.3 is 9.40 Å². The number of fused-ring (bicyclic) bond motifs is 1. The van der Waals surface area contributed by atoms with Crippen molar-refractivity contribution in [3.8, 4) is 0 Å². The standard InChI is InChI=1S/C13H16N4OS/c1-8-12(15-9(2)18-8)7-17-4-3-11-10(6-17)5-14-13(19)16-11/h5H,3-4,6-7H2,1-2H3,(H,14,16,19). The number of nitrogens with one attached hydrogen (secondary N) is 1. The Bertz CT molecular complexity index is 661. The first kappa shape index (κ1) is 12.5. The summed E-state index contributed by atoms with van der Waals surface area (Å²) in [6, 6.07) is 0. The lowest BCUT2D eigenvalue weighted by atomic mass is 10.1. The molecule has 1 aliphatic rings. The van der Waals surface area contributed by atoms with Crippen LogP contribution in [0.2, 0.25) is 0 Å². The second kappa shape index (κ2) is 4.86. The van der Waals surface area contributed by atoms with Crippen LogP contribution in [0.1, 0.15) is 28.6 Å². The second-order valence-corrected chi connectivity index (χ2v) is 5.28. The molecule has 0 atom stereocenters. The van der Waals surface area contributed by atoms with Crippen molar-refractivity contribution in [2.45, 2.75) is 33.4 Å². The topological polar surface area (TPSA) is 58.0 Å². The van der Waals surface area contributed by atoms with E-state index in [-0.39, 0.29) is 0 Å². The van der Waals surface area contributed by atoms with Gasteiger partial charge in [0.2, 0.25) is 0 Å². The number of aromatic amines is 1. The van der Waals surface area contributed by atoms with Gasteiger partial charge >= 0.3 is 0 Å². The van der Waals surface area contributed by atoms with Crippen molar-refractivity contribution in [1.29, 1.82) is 0 Å². The average molecular weight is 276 g/mol. The molecule has 6 heteroatoms. The van der Waals surface area contributed by atoms with Gasteiger partial charge in [0.25, 0.3) is 0 Å². The third-order valence-corrected chi connectivity index (χ3v) is 3.64. The van der Waals surface area contributed by atoms with Crippen molar-refractivity contribution < 1.29 is 4.42 Å². The summed E-state index contributed by atoms with van der Waals surface area (Å²) in [4.78, 5) is 14.1. The number of aromatic nitrogens is 3. The summed E-state index contributed by atoms with van der Waals surface area (Å²) in [6.07, 6.45) is 2.85. The second-order valence-electron chi connectivity index (χ2n) is 4.89. The summed E-state index contributed by atoms with van der Waals surface area (Å²) in [5.74, 6) is 1.64. The number of H-pyrrole nitrogens is 1.